The second-order valence-electron chi connectivity index (χ2n) is 15.3. The Bertz CT molecular complexity index is 3170. The number of benzene rings is 9. The molecule has 2 nitrogen and oxygen atoms in total. The van der Waals surface area contributed by atoms with Crippen molar-refractivity contribution in [1.29, 1.82) is 0 Å². The van der Waals surface area contributed by atoms with E-state index in [1.165, 1.54) is 76.5 Å². The Labute approximate surface area is 320 Å². The molecule has 2 heteroatoms. The van der Waals surface area contributed by atoms with Crippen molar-refractivity contribution in [3.63, 3.8) is 0 Å². The van der Waals surface area contributed by atoms with E-state index in [0.717, 1.165) is 28.1 Å². The molecule has 0 aliphatic heterocycles. The van der Waals surface area contributed by atoms with Crippen molar-refractivity contribution in [1.82, 2.24) is 9.97 Å². The van der Waals surface area contributed by atoms with Gasteiger partial charge in [-0.3, -0.25) is 0 Å². The molecule has 1 aromatic heterocycles. The van der Waals surface area contributed by atoms with E-state index in [9.17, 15) is 0 Å². The molecule has 1 heterocycles. The maximum Gasteiger partial charge on any atom is 0.160 e. The lowest BCUT2D eigenvalue weighted by Crippen LogP contribution is -2.17. The van der Waals surface area contributed by atoms with E-state index < -0.39 is 0 Å². The van der Waals surface area contributed by atoms with Crippen molar-refractivity contribution < 1.29 is 0 Å². The third-order valence-corrected chi connectivity index (χ3v) is 11.8. The van der Waals surface area contributed by atoms with Crippen LogP contribution in [0.4, 0.5) is 0 Å². The maximum atomic E-state index is 5.32. The van der Waals surface area contributed by atoms with Gasteiger partial charge in [-0.2, -0.15) is 0 Å². The van der Waals surface area contributed by atoms with Gasteiger partial charge in [0.05, 0.1) is 11.4 Å². The molecule has 0 atom stereocenters. The second kappa shape index (κ2) is 12.1. The molecule has 9 aromatic carbocycles. The molecular formula is C53H36N2. The van der Waals surface area contributed by atoms with Crippen LogP contribution < -0.4 is 0 Å². The highest BCUT2D eigenvalue weighted by Crippen LogP contribution is 2.55. The number of hydrogen-bond acceptors (Lipinski definition) is 2. The average molecular weight is 701 g/mol. The smallest absolute Gasteiger partial charge is 0.160 e. The van der Waals surface area contributed by atoms with Crippen LogP contribution in [0.15, 0.2) is 182 Å². The second-order valence-corrected chi connectivity index (χ2v) is 15.3. The fraction of sp³-hybridized carbons (Fsp3) is 0.0566. The van der Waals surface area contributed by atoms with E-state index in [2.05, 4.69) is 190 Å². The van der Waals surface area contributed by atoms with Crippen molar-refractivity contribution in [3.05, 3.63) is 193 Å². The van der Waals surface area contributed by atoms with Crippen LogP contribution in [0.3, 0.4) is 0 Å². The first kappa shape index (κ1) is 31.6. The molecule has 0 saturated heterocycles. The number of rotatable bonds is 4. The van der Waals surface area contributed by atoms with Gasteiger partial charge < -0.3 is 0 Å². The summed E-state index contributed by atoms with van der Waals surface area (Å²) in [6.07, 6.45) is 0. The fourth-order valence-electron chi connectivity index (χ4n) is 9.43. The Hall–Kier alpha value is -6.90. The van der Waals surface area contributed by atoms with Crippen LogP contribution in [-0.2, 0) is 5.41 Å². The van der Waals surface area contributed by atoms with E-state index in [-0.39, 0.29) is 5.41 Å². The summed E-state index contributed by atoms with van der Waals surface area (Å²) in [6.45, 7) is 4.79. The van der Waals surface area contributed by atoms with Crippen molar-refractivity contribution in [2.24, 2.45) is 0 Å². The SMILES string of the molecule is CC1(C)c2c(cccc2-c2ccc(-c3cc(-c4cc5ccccc5c5ccccc45)nc(-c4ccccc4)n3)c3ccccc23)-c2ccc3ccccc3c21. The highest BCUT2D eigenvalue weighted by Gasteiger charge is 2.39. The van der Waals surface area contributed by atoms with Crippen LogP contribution in [-0.4, -0.2) is 9.97 Å². The fourth-order valence-corrected chi connectivity index (χ4v) is 9.43. The third kappa shape index (κ3) is 4.81. The average Bonchev–Trinajstić information content (AvgIpc) is 3.49. The zero-order valence-electron chi connectivity index (χ0n) is 30.7. The lowest BCUT2D eigenvalue weighted by Gasteiger charge is -2.26. The minimum Gasteiger partial charge on any atom is -0.228 e. The summed E-state index contributed by atoms with van der Waals surface area (Å²) in [5.74, 6) is 0.714. The summed E-state index contributed by atoms with van der Waals surface area (Å²) in [7, 11) is 0. The molecule has 0 N–H and O–H groups in total. The Morgan fingerprint density at radius 2 is 0.836 bits per heavy atom. The first-order valence-electron chi connectivity index (χ1n) is 19.1. The summed E-state index contributed by atoms with van der Waals surface area (Å²) < 4.78 is 0. The molecule has 0 unspecified atom stereocenters. The molecular weight excluding hydrogens is 665 g/mol. The van der Waals surface area contributed by atoms with Gasteiger partial charge in [-0.05, 0) is 88.6 Å². The molecule has 0 fully saturated rings. The molecule has 10 aromatic rings. The van der Waals surface area contributed by atoms with Crippen LogP contribution in [0.1, 0.15) is 25.0 Å². The van der Waals surface area contributed by atoms with Crippen molar-refractivity contribution in [2.45, 2.75) is 19.3 Å². The number of aromatic nitrogens is 2. The first-order valence-corrected chi connectivity index (χ1v) is 19.1. The van der Waals surface area contributed by atoms with Crippen LogP contribution in [0.5, 0.6) is 0 Å². The number of hydrogen-bond donors (Lipinski definition) is 0. The zero-order valence-corrected chi connectivity index (χ0v) is 30.7. The third-order valence-electron chi connectivity index (χ3n) is 11.8. The Balaban J connectivity index is 1.14. The summed E-state index contributed by atoms with van der Waals surface area (Å²) >= 11 is 0. The molecule has 0 spiro atoms. The lowest BCUT2D eigenvalue weighted by molar-refractivity contribution is 0.668. The van der Waals surface area contributed by atoms with Gasteiger partial charge in [-0.1, -0.05) is 184 Å². The lowest BCUT2D eigenvalue weighted by atomic mass is 9.77. The van der Waals surface area contributed by atoms with Crippen molar-refractivity contribution >= 4 is 43.1 Å². The zero-order chi connectivity index (χ0) is 36.7. The molecule has 1 aliphatic carbocycles. The van der Waals surface area contributed by atoms with Gasteiger partial charge in [0.1, 0.15) is 0 Å². The highest BCUT2D eigenvalue weighted by atomic mass is 14.9. The van der Waals surface area contributed by atoms with E-state index >= 15 is 0 Å². The number of fused-ring (bicyclic) bond motifs is 9. The quantitative estimate of drug-likeness (QED) is 0.171. The van der Waals surface area contributed by atoms with Crippen LogP contribution in [0.25, 0.3) is 99.2 Å². The highest BCUT2D eigenvalue weighted by molar-refractivity contribution is 6.14. The topological polar surface area (TPSA) is 25.8 Å². The predicted molar refractivity (Wildman–Crippen MR) is 231 cm³/mol. The molecule has 55 heavy (non-hydrogen) atoms. The minimum absolute atomic E-state index is 0.184. The molecule has 0 saturated carbocycles. The van der Waals surface area contributed by atoms with Crippen LogP contribution in [0.2, 0.25) is 0 Å². The predicted octanol–water partition coefficient (Wildman–Crippen LogP) is 14.1. The van der Waals surface area contributed by atoms with Gasteiger partial charge in [-0.15, -0.1) is 0 Å². The summed E-state index contributed by atoms with van der Waals surface area (Å²) in [5, 5.41) is 9.84. The largest absolute Gasteiger partial charge is 0.228 e. The Morgan fingerprint density at radius 3 is 1.58 bits per heavy atom. The molecule has 0 bridgehead atoms. The minimum atomic E-state index is -0.184. The van der Waals surface area contributed by atoms with E-state index in [4.69, 9.17) is 9.97 Å². The standard InChI is InChI=1S/C53H36N2/c1-53(2)50-37-20-9-6-15-33(37)27-28-46(50)45-26-14-25-44(51(45)53)42-29-30-43(40-23-12-11-22-39(40)42)48-32-49(55-52(54-48)34-16-4-3-5-17-34)47-31-35-18-7-8-19-36(35)38-21-10-13-24-41(38)47/h3-32H,1-2H3. The van der Waals surface area contributed by atoms with Crippen molar-refractivity contribution in [3.8, 4) is 56.2 Å². The van der Waals surface area contributed by atoms with Gasteiger partial charge in [0.15, 0.2) is 5.82 Å². The Morgan fingerprint density at radius 1 is 0.327 bits per heavy atom. The maximum absolute atomic E-state index is 5.32. The van der Waals surface area contributed by atoms with Gasteiger partial charge in [0.2, 0.25) is 0 Å². The summed E-state index contributed by atoms with van der Waals surface area (Å²) in [5.41, 5.74) is 12.8. The monoisotopic (exact) mass is 700 g/mol. The first-order chi connectivity index (χ1) is 27.0. The van der Waals surface area contributed by atoms with Crippen LogP contribution >= 0.6 is 0 Å². The van der Waals surface area contributed by atoms with E-state index in [1.54, 1.807) is 0 Å². The van der Waals surface area contributed by atoms with Crippen LogP contribution in [0, 0.1) is 0 Å². The Kier molecular flexibility index (Phi) is 6.93. The normalized spacial score (nSPS) is 13.1. The van der Waals surface area contributed by atoms with Gasteiger partial charge >= 0.3 is 0 Å². The molecule has 258 valence electrons. The molecule has 1 aliphatic rings. The van der Waals surface area contributed by atoms with Gasteiger partial charge in [0.25, 0.3) is 0 Å². The van der Waals surface area contributed by atoms with E-state index in [1.807, 2.05) is 6.07 Å². The molecule has 11 rings (SSSR count). The molecule has 0 amide bonds. The summed E-state index contributed by atoms with van der Waals surface area (Å²) in [6, 6.07) is 65.8. The van der Waals surface area contributed by atoms with Gasteiger partial charge in [0, 0.05) is 22.1 Å². The number of nitrogens with zero attached hydrogens (tertiary/aromatic N) is 2. The van der Waals surface area contributed by atoms with Crippen molar-refractivity contribution in [2.75, 3.05) is 0 Å². The van der Waals surface area contributed by atoms with E-state index in [0.29, 0.717) is 5.82 Å². The van der Waals surface area contributed by atoms with Gasteiger partial charge in [-0.25, -0.2) is 9.97 Å². The molecule has 0 radical (unpaired) electrons. The summed E-state index contributed by atoms with van der Waals surface area (Å²) in [4.78, 5) is 10.6.